The van der Waals surface area contributed by atoms with Crippen molar-refractivity contribution in [1.82, 2.24) is 30.4 Å². The van der Waals surface area contributed by atoms with E-state index in [0.717, 1.165) is 25.7 Å². The molecule has 4 aromatic rings. The Hall–Kier alpha value is -4.15. The molecule has 1 atom stereocenters. The molecule has 1 N–H and O–H groups in total. The number of aryl methyl sites for hydroxylation is 2. The number of tetrazole rings is 1. The topological polar surface area (TPSA) is 132 Å². The highest BCUT2D eigenvalue weighted by Gasteiger charge is 2.36. The smallest absolute Gasteiger partial charge is 0.250 e. The van der Waals surface area contributed by atoms with Crippen molar-refractivity contribution in [2.24, 2.45) is 0 Å². The first-order valence-corrected chi connectivity index (χ1v) is 12.0. The van der Waals surface area contributed by atoms with Crippen LogP contribution in [0.15, 0.2) is 55.9 Å². The monoisotopic (exact) mass is 492 g/mol. The second-order valence-corrected chi connectivity index (χ2v) is 9.00. The van der Waals surface area contributed by atoms with Crippen LogP contribution in [0.4, 0.5) is 0 Å². The summed E-state index contributed by atoms with van der Waals surface area (Å²) in [7, 11) is 0. The summed E-state index contributed by atoms with van der Waals surface area (Å²) >= 11 is 0. The minimum atomic E-state index is -0.993. The molecule has 11 heteroatoms. The first kappa shape index (κ1) is 23.6. The van der Waals surface area contributed by atoms with Crippen LogP contribution in [0.2, 0.25) is 0 Å². The van der Waals surface area contributed by atoms with Crippen LogP contribution < -0.4 is 5.32 Å². The zero-order chi connectivity index (χ0) is 25.1. The summed E-state index contributed by atoms with van der Waals surface area (Å²) in [6.45, 7) is 3.44. The quantitative estimate of drug-likeness (QED) is 0.375. The van der Waals surface area contributed by atoms with E-state index < -0.39 is 11.9 Å². The van der Waals surface area contributed by atoms with Gasteiger partial charge in [-0.15, -0.1) is 10.2 Å². The Balaban J connectivity index is 1.43. The third-order valence-electron chi connectivity index (χ3n) is 6.21. The van der Waals surface area contributed by atoms with Crippen molar-refractivity contribution in [2.75, 3.05) is 0 Å². The van der Waals surface area contributed by atoms with Crippen LogP contribution >= 0.6 is 0 Å². The van der Waals surface area contributed by atoms with Crippen molar-refractivity contribution < 1.29 is 22.8 Å². The lowest BCUT2D eigenvalue weighted by Gasteiger charge is -2.30. The Labute approximate surface area is 207 Å². The fourth-order valence-electron chi connectivity index (χ4n) is 4.44. The van der Waals surface area contributed by atoms with Gasteiger partial charge in [-0.1, -0.05) is 12.8 Å². The van der Waals surface area contributed by atoms with Crippen LogP contribution in [0.5, 0.6) is 0 Å². The number of hydrogen-bond donors (Lipinski definition) is 1. The zero-order valence-electron chi connectivity index (χ0n) is 20.2. The van der Waals surface area contributed by atoms with Gasteiger partial charge in [0.25, 0.3) is 5.91 Å². The molecule has 0 saturated heterocycles. The second-order valence-electron chi connectivity index (χ2n) is 9.00. The van der Waals surface area contributed by atoms with Gasteiger partial charge in [0, 0.05) is 6.04 Å². The van der Waals surface area contributed by atoms with E-state index in [-0.39, 0.29) is 30.9 Å². The van der Waals surface area contributed by atoms with Gasteiger partial charge in [0.2, 0.25) is 11.7 Å². The normalized spacial score (nSPS) is 14.7. The third-order valence-corrected chi connectivity index (χ3v) is 6.21. The number of nitrogens with one attached hydrogen (secondary N) is 1. The molecular formula is C25H28N6O5. The van der Waals surface area contributed by atoms with E-state index in [1.165, 1.54) is 16.0 Å². The van der Waals surface area contributed by atoms with Crippen molar-refractivity contribution >= 4 is 11.8 Å². The van der Waals surface area contributed by atoms with Crippen LogP contribution in [0.3, 0.4) is 0 Å². The molecule has 0 spiro atoms. The van der Waals surface area contributed by atoms with Crippen LogP contribution in [0.1, 0.15) is 54.8 Å². The molecule has 188 valence electrons. The maximum absolute atomic E-state index is 13.7. The molecule has 0 bridgehead atoms. The Bertz CT molecular complexity index is 1310. The van der Waals surface area contributed by atoms with Crippen molar-refractivity contribution in [3.05, 3.63) is 65.7 Å². The molecule has 0 radical (unpaired) electrons. The molecule has 1 saturated carbocycles. The largest absolute Gasteiger partial charge is 0.467 e. The Morgan fingerprint density at radius 1 is 1.11 bits per heavy atom. The van der Waals surface area contributed by atoms with Crippen LogP contribution in [-0.2, 0) is 22.7 Å². The highest BCUT2D eigenvalue weighted by atomic mass is 16.3. The average Bonchev–Trinajstić information content (AvgIpc) is 3.66. The van der Waals surface area contributed by atoms with Gasteiger partial charge in [-0.05, 0) is 68.3 Å². The molecule has 2 amide bonds. The molecule has 1 fully saturated rings. The van der Waals surface area contributed by atoms with E-state index >= 15 is 0 Å². The SMILES string of the molecule is Cc1ccc(-c2nnn(CC(=O)N(Cc3ccco3)[C@@H](C(=O)NC3CCCC3)c3ccc(C)o3)n2)o1. The standard InChI is InChI=1S/C25H28N6O5/c1-16-9-11-20(35-16)23(25(33)26-18-6-3-4-7-18)30(14-19-8-5-13-34-19)22(32)15-31-28-24(27-29-31)21-12-10-17(2)36-21/h5,8-13,18,23H,3-4,6-7,14-15H2,1-2H3,(H,26,33)/t23-/m1/s1. The summed E-state index contributed by atoms with van der Waals surface area (Å²) in [5.41, 5.74) is 0. The number of amides is 2. The number of nitrogens with zero attached hydrogens (tertiary/aromatic N) is 5. The number of aromatic nitrogens is 4. The lowest BCUT2D eigenvalue weighted by atomic mass is 10.1. The summed E-state index contributed by atoms with van der Waals surface area (Å²) in [5, 5.41) is 15.4. The zero-order valence-corrected chi connectivity index (χ0v) is 20.2. The first-order chi connectivity index (χ1) is 17.5. The molecule has 1 aliphatic carbocycles. The van der Waals surface area contributed by atoms with Gasteiger partial charge in [0.15, 0.2) is 11.8 Å². The van der Waals surface area contributed by atoms with Crippen LogP contribution in [0.25, 0.3) is 11.6 Å². The molecule has 11 nitrogen and oxygen atoms in total. The molecule has 0 aliphatic heterocycles. The lowest BCUT2D eigenvalue weighted by Crippen LogP contribution is -2.46. The molecular weight excluding hydrogens is 464 g/mol. The number of furan rings is 3. The number of hydrogen-bond acceptors (Lipinski definition) is 8. The fourth-order valence-corrected chi connectivity index (χ4v) is 4.44. The van der Waals surface area contributed by atoms with Crippen LogP contribution in [-0.4, -0.2) is 43.0 Å². The molecule has 4 aromatic heterocycles. The number of carbonyl (C=O) groups is 2. The summed E-state index contributed by atoms with van der Waals surface area (Å²) in [4.78, 5) is 29.8. The Kier molecular flexibility index (Phi) is 6.70. The number of rotatable bonds is 9. The summed E-state index contributed by atoms with van der Waals surface area (Å²) in [6, 6.07) is 9.61. The van der Waals surface area contributed by atoms with Gasteiger partial charge < -0.3 is 23.5 Å². The van der Waals surface area contributed by atoms with E-state index in [0.29, 0.717) is 28.8 Å². The summed E-state index contributed by atoms with van der Waals surface area (Å²) in [5.74, 6) is 2.30. The van der Waals surface area contributed by atoms with E-state index in [1.54, 1.807) is 43.3 Å². The second kappa shape index (κ2) is 10.2. The van der Waals surface area contributed by atoms with Crippen LogP contribution in [0, 0.1) is 13.8 Å². The van der Waals surface area contributed by atoms with Gasteiger partial charge in [-0.2, -0.15) is 4.80 Å². The van der Waals surface area contributed by atoms with E-state index in [1.807, 2.05) is 6.92 Å². The highest BCUT2D eigenvalue weighted by Crippen LogP contribution is 2.28. The van der Waals surface area contributed by atoms with Crippen molar-refractivity contribution in [1.29, 1.82) is 0 Å². The fraction of sp³-hybridized carbons (Fsp3) is 0.400. The lowest BCUT2D eigenvalue weighted by molar-refractivity contribution is -0.143. The van der Waals surface area contributed by atoms with Gasteiger partial charge in [-0.25, -0.2) is 0 Å². The molecule has 1 aliphatic rings. The van der Waals surface area contributed by atoms with Crippen molar-refractivity contribution in [3.63, 3.8) is 0 Å². The summed E-state index contributed by atoms with van der Waals surface area (Å²) < 4.78 is 16.9. The molecule has 0 aromatic carbocycles. The number of carbonyl (C=O) groups excluding carboxylic acids is 2. The summed E-state index contributed by atoms with van der Waals surface area (Å²) in [6.07, 6.45) is 5.50. The van der Waals surface area contributed by atoms with Gasteiger partial charge >= 0.3 is 0 Å². The first-order valence-electron chi connectivity index (χ1n) is 12.0. The van der Waals surface area contributed by atoms with Gasteiger partial charge in [0.1, 0.15) is 29.6 Å². The highest BCUT2D eigenvalue weighted by molar-refractivity contribution is 5.88. The van der Waals surface area contributed by atoms with Crippen molar-refractivity contribution in [3.8, 4) is 11.6 Å². The van der Waals surface area contributed by atoms with Crippen molar-refractivity contribution in [2.45, 2.75) is 64.7 Å². The van der Waals surface area contributed by atoms with Gasteiger partial charge in [-0.3, -0.25) is 9.59 Å². The Morgan fingerprint density at radius 2 is 1.89 bits per heavy atom. The van der Waals surface area contributed by atoms with E-state index in [4.69, 9.17) is 13.3 Å². The average molecular weight is 493 g/mol. The molecule has 0 unspecified atom stereocenters. The molecule has 5 rings (SSSR count). The van der Waals surface area contributed by atoms with E-state index in [2.05, 4.69) is 20.7 Å². The van der Waals surface area contributed by atoms with Gasteiger partial charge in [0.05, 0.1) is 12.8 Å². The maximum Gasteiger partial charge on any atom is 0.250 e. The van der Waals surface area contributed by atoms with E-state index in [9.17, 15) is 9.59 Å². The molecule has 36 heavy (non-hydrogen) atoms. The minimum absolute atomic E-state index is 0.0628. The predicted octanol–water partition coefficient (Wildman–Crippen LogP) is 3.56. The molecule has 4 heterocycles. The third kappa shape index (κ3) is 5.24. The Morgan fingerprint density at radius 3 is 2.56 bits per heavy atom. The minimum Gasteiger partial charge on any atom is -0.467 e. The maximum atomic E-state index is 13.7. The predicted molar refractivity (Wildman–Crippen MR) is 126 cm³/mol.